The van der Waals surface area contributed by atoms with Crippen molar-refractivity contribution < 1.29 is 4.39 Å². The Morgan fingerprint density at radius 1 is 1.21 bits per heavy atom. The van der Waals surface area contributed by atoms with Gasteiger partial charge in [0.1, 0.15) is 5.82 Å². The molecule has 0 aliphatic carbocycles. The number of hydrogen-bond donors (Lipinski definition) is 1. The maximum absolute atomic E-state index is 14.0. The molecule has 3 aromatic rings. The fourth-order valence-electron chi connectivity index (χ4n) is 2.29. The van der Waals surface area contributed by atoms with Gasteiger partial charge in [-0.05, 0) is 43.2 Å². The number of aromatic nitrogens is 2. The number of aromatic amines is 1. The number of nitrogens with one attached hydrogen (secondary N) is 1. The molecule has 1 aromatic heterocycles. The largest absolute Gasteiger partial charge is 0.338 e. The van der Waals surface area contributed by atoms with Gasteiger partial charge in [-0.15, -0.1) is 0 Å². The quantitative estimate of drug-likeness (QED) is 0.688. The average Bonchev–Trinajstić information content (AvgIpc) is 2.76. The highest BCUT2D eigenvalue weighted by molar-refractivity contribution is 6.31. The lowest BCUT2D eigenvalue weighted by Gasteiger charge is -2.00. The van der Waals surface area contributed by atoms with Gasteiger partial charge in [0.05, 0.1) is 21.6 Å². The lowest BCUT2D eigenvalue weighted by molar-refractivity contribution is 0.630. The fraction of sp³-hybridized carbons (Fsp3) is 0.133. The maximum atomic E-state index is 14.0. The molecular formula is C15H12ClFN2. The van der Waals surface area contributed by atoms with Gasteiger partial charge < -0.3 is 4.98 Å². The van der Waals surface area contributed by atoms with Gasteiger partial charge >= 0.3 is 0 Å². The van der Waals surface area contributed by atoms with Crippen LogP contribution < -0.4 is 0 Å². The lowest BCUT2D eigenvalue weighted by atomic mass is 10.1. The third-order valence-corrected chi connectivity index (χ3v) is 3.42. The van der Waals surface area contributed by atoms with Crippen molar-refractivity contribution in [2.24, 2.45) is 0 Å². The van der Waals surface area contributed by atoms with E-state index in [1.807, 2.05) is 19.9 Å². The summed E-state index contributed by atoms with van der Waals surface area (Å²) in [5.74, 6) is 0.0568. The molecule has 2 aromatic carbocycles. The van der Waals surface area contributed by atoms with Crippen molar-refractivity contribution >= 4 is 22.6 Å². The number of fused-ring (bicyclic) bond motifs is 1. The fourth-order valence-corrected chi connectivity index (χ4v) is 2.46. The molecule has 1 heterocycles. The Morgan fingerprint density at radius 2 is 2.00 bits per heavy atom. The van der Waals surface area contributed by atoms with Crippen molar-refractivity contribution in [3.8, 4) is 11.4 Å². The standard InChI is InChI=1S/C15H12ClFN2/c1-8-6-9(2)14-12(7-8)18-15(19-14)10-4-3-5-11(16)13(10)17/h3-7H,1-2H3,(H,18,19). The molecule has 0 spiro atoms. The zero-order valence-electron chi connectivity index (χ0n) is 10.6. The molecule has 4 heteroatoms. The molecule has 96 valence electrons. The summed E-state index contributed by atoms with van der Waals surface area (Å²) in [5, 5.41) is 0.103. The van der Waals surface area contributed by atoms with Crippen molar-refractivity contribution in [1.29, 1.82) is 0 Å². The van der Waals surface area contributed by atoms with Crippen molar-refractivity contribution in [1.82, 2.24) is 9.97 Å². The first-order chi connectivity index (χ1) is 9.06. The monoisotopic (exact) mass is 274 g/mol. The van der Waals surface area contributed by atoms with Crippen LogP contribution in [0.5, 0.6) is 0 Å². The second-order valence-corrected chi connectivity index (χ2v) is 5.07. The van der Waals surface area contributed by atoms with E-state index >= 15 is 0 Å². The number of imidazole rings is 1. The Hall–Kier alpha value is -1.87. The third kappa shape index (κ3) is 2.00. The Labute approximate surface area is 115 Å². The second kappa shape index (κ2) is 4.35. The minimum atomic E-state index is -0.447. The van der Waals surface area contributed by atoms with Crippen LogP contribution in [0.25, 0.3) is 22.4 Å². The molecule has 0 amide bonds. The van der Waals surface area contributed by atoms with Crippen LogP contribution in [0.4, 0.5) is 4.39 Å². The van der Waals surface area contributed by atoms with Gasteiger partial charge in [0.2, 0.25) is 0 Å². The molecule has 1 N–H and O–H groups in total. The molecule has 0 radical (unpaired) electrons. The predicted molar refractivity (Wildman–Crippen MR) is 76.0 cm³/mol. The van der Waals surface area contributed by atoms with E-state index in [0.717, 1.165) is 22.2 Å². The smallest absolute Gasteiger partial charge is 0.152 e. The highest BCUT2D eigenvalue weighted by Crippen LogP contribution is 2.28. The minimum absolute atomic E-state index is 0.103. The van der Waals surface area contributed by atoms with E-state index < -0.39 is 5.82 Å². The molecule has 0 fully saturated rings. The number of hydrogen-bond acceptors (Lipinski definition) is 1. The van der Waals surface area contributed by atoms with E-state index in [9.17, 15) is 4.39 Å². The normalized spacial score (nSPS) is 11.2. The lowest BCUT2D eigenvalue weighted by Crippen LogP contribution is -1.87. The first kappa shape index (κ1) is 12.2. The molecule has 19 heavy (non-hydrogen) atoms. The third-order valence-electron chi connectivity index (χ3n) is 3.13. The first-order valence-corrected chi connectivity index (χ1v) is 6.35. The molecule has 0 aliphatic heterocycles. The summed E-state index contributed by atoms with van der Waals surface area (Å²) < 4.78 is 14.0. The molecular weight excluding hydrogens is 263 g/mol. The Morgan fingerprint density at radius 3 is 2.79 bits per heavy atom. The number of rotatable bonds is 1. The summed E-state index contributed by atoms with van der Waals surface area (Å²) in [5.41, 5.74) is 4.37. The van der Waals surface area contributed by atoms with Gasteiger partial charge in [-0.2, -0.15) is 0 Å². The van der Waals surface area contributed by atoms with Crippen LogP contribution in [0.15, 0.2) is 30.3 Å². The van der Waals surface area contributed by atoms with E-state index in [4.69, 9.17) is 11.6 Å². The average molecular weight is 275 g/mol. The summed E-state index contributed by atoms with van der Waals surface area (Å²) in [6.07, 6.45) is 0. The number of nitrogens with zero attached hydrogens (tertiary/aromatic N) is 1. The molecule has 0 atom stereocenters. The SMILES string of the molecule is Cc1cc(C)c2nc(-c3cccc(Cl)c3F)[nH]c2c1. The number of halogens is 2. The van der Waals surface area contributed by atoms with E-state index in [1.54, 1.807) is 12.1 Å². The van der Waals surface area contributed by atoms with E-state index in [2.05, 4.69) is 16.0 Å². The molecule has 0 unspecified atom stereocenters. The topological polar surface area (TPSA) is 28.7 Å². The van der Waals surface area contributed by atoms with Crippen molar-refractivity contribution in [3.63, 3.8) is 0 Å². The van der Waals surface area contributed by atoms with Crippen molar-refractivity contribution in [2.45, 2.75) is 13.8 Å². The number of benzene rings is 2. The zero-order chi connectivity index (χ0) is 13.6. The van der Waals surface area contributed by atoms with Gasteiger partial charge in [-0.3, -0.25) is 0 Å². The number of aryl methyl sites for hydroxylation is 2. The van der Waals surface area contributed by atoms with Gasteiger partial charge in [-0.1, -0.05) is 23.7 Å². The predicted octanol–water partition coefficient (Wildman–Crippen LogP) is 4.64. The van der Waals surface area contributed by atoms with Crippen LogP contribution in [0, 0.1) is 19.7 Å². The molecule has 0 bridgehead atoms. The van der Waals surface area contributed by atoms with Crippen molar-refractivity contribution in [3.05, 3.63) is 52.3 Å². The van der Waals surface area contributed by atoms with Crippen LogP contribution in [0.2, 0.25) is 5.02 Å². The summed E-state index contributed by atoms with van der Waals surface area (Å²) in [4.78, 5) is 7.62. The molecule has 0 saturated carbocycles. The van der Waals surface area contributed by atoms with Crippen LogP contribution in [0.1, 0.15) is 11.1 Å². The zero-order valence-corrected chi connectivity index (χ0v) is 11.3. The summed E-state index contributed by atoms with van der Waals surface area (Å²) >= 11 is 5.80. The van der Waals surface area contributed by atoms with Gasteiger partial charge in [0.15, 0.2) is 5.82 Å². The van der Waals surface area contributed by atoms with Gasteiger partial charge in [0.25, 0.3) is 0 Å². The Bertz CT molecular complexity index is 777. The molecule has 2 nitrogen and oxygen atoms in total. The van der Waals surface area contributed by atoms with Crippen LogP contribution >= 0.6 is 11.6 Å². The maximum Gasteiger partial charge on any atom is 0.152 e. The summed E-state index contributed by atoms with van der Waals surface area (Å²) in [6.45, 7) is 4.02. The highest BCUT2D eigenvalue weighted by Gasteiger charge is 2.13. The molecule has 3 rings (SSSR count). The summed E-state index contributed by atoms with van der Waals surface area (Å²) in [6, 6.07) is 8.97. The van der Waals surface area contributed by atoms with E-state index in [1.165, 1.54) is 6.07 Å². The number of H-pyrrole nitrogens is 1. The van der Waals surface area contributed by atoms with Crippen molar-refractivity contribution in [2.75, 3.05) is 0 Å². The first-order valence-electron chi connectivity index (χ1n) is 5.97. The van der Waals surface area contributed by atoms with Gasteiger partial charge in [0, 0.05) is 0 Å². The van der Waals surface area contributed by atoms with Crippen LogP contribution in [0.3, 0.4) is 0 Å². The van der Waals surface area contributed by atoms with Crippen LogP contribution in [-0.4, -0.2) is 9.97 Å². The van der Waals surface area contributed by atoms with E-state index in [-0.39, 0.29) is 5.02 Å². The van der Waals surface area contributed by atoms with Gasteiger partial charge in [-0.25, -0.2) is 9.37 Å². The Balaban J connectivity index is 2.26. The van der Waals surface area contributed by atoms with E-state index in [0.29, 0.717) is 11.4 Å². The minimum Gasteiger partial charge on any atom is -0.338 e. The Kier molecular flexibility index (Phi) is 2.79. The molecule has 0 saturated heterocycles. The molecule has 0 aliphatic rings. The highest BCUT2D eigenvalue weighted by atomic mass is 35.5. The second-order valence-electron chi connectivity index (χ2n) is 4.66. The van der Waals surface area contributed by atoms with Crippen LogP contribution in [-0.2, 0) is 0 Å². The summed E-state index contributed by atoms with van der Waals surface area (Å²) in [7, 11) is 0.